The van der Waals surface area contributed by atoms with Crippen LogP contribution in [0.15, 0.2) is 15.0 Å². The van der Waals surface area contributed by atoms with Crippen molar-refractivity contribution in [1.29, 1.82) is 0 Å². The van der Waals surface area contributed by atoms with Gasteiger partial charge in [-0.3, -0.25) is 4.57 Å². The number of hydrogen-bond donors (Lipinski definition) is 0. The van der Waals surface area contributed by atoms with E-state index in [0.29, 0.717) is 13.2 Å². The number of aromatic nitrogens is 2. The second kappa shape index (κ2) is 6.94. The molecule has 0 atom stereocenters. The number of rotatable bonds is 6. The Morgan fingerprint density at radius 2 is 1.80 bits per heavy atom. The van der Waals surface area contributed by atoms with E-state index in [0.717, 1.165) is 37.3 Å². The van der Waals surface area contributed by atoms with Gasteiger partial charge in [0.15, 0.2) is 0 Å². The Labute approximate surface area is 138 Å². The predicted octanol–water partition coefficient (Wildman–Crippen LogP) is 4.98. The molecular weight excluding hydrogens is 431 g/mol. The topological polar surface area (TPSA) is 61.3 Å². The summed E-state index contributed by atoms with van der Waals surface area (Å²) in [5.41, 5.74) is 2.36. The van der Waals surface area contributed by atoms with Gasteiger partial charge >= 0.3 is 7.60 Å². The van der Waals surface area contributed by atoms with Crippen LogP contribution in [0.25, 0.3) is 11.0 Å². The monoisotopic (exact) mass is 442 g/mol. The summed E-state index contributed by atoms with van der Waals surface area (Å²) in [5.74, 6) is 0. The molecule has 0 saturated heterocycles. The number of benzene rings is 1. The molecule has 2 aromatic rings. The highest BCUT2D eigenvalue weighted by atomic mass is 79.9. The molecule has 0 aliphatic heterocycles. The summed E-state index contributed by atoms with van der Waals surface area (Å²) in [6, 6.07) is 1.87. The van der Waals surface area contributed by atoms with E-state index in [1.54, 1.807) is 13.8 Å². The molecule has 0 fully saturated rings. The van der Waals surface area contributed by atoms with Crippen LogP contribution in [0, 0.1) is 0 Å². The Bertz CT molecular complexity index is 654. The van der Waals surface area contributed by atoms with E-state index in [4.69, 9.17) is 9.05 Å². The number of fused-ring (bicyclic) bond motifs is 1. The van der Waals surface area contributed by atoms with Gasteiger partial charge in [-0.1, -0.05) is 0 Å². The van der Waals surface area contributed by atoms with Crippen molar-refractivity contribution in [1.82, 2.24) is 8.75 Å². The van der Waals surface area contributed by atoms with Gasteiger partial charge in [0.25, 0.3) is 0 Å². The summed E-state index contributed by atoms with van der Waals surface area (Å²) in [6.07, 6.45) is 0.196. The zero-order chi connectivity index (χ0) is 14.8. The predicted molar refractivity (Wildman–Crippen MR) is 87.4 cm³/mol. The van der Waals surface area contributed by atoms with E-state index in [1.807, 2.05) is 6.07 Å². The van der Waals surface area contributed by atoms with E-state index in [2.05, 4.69) is 40.6 Å². The Morgan fingerprint density at radius 3 is 2.40 bits per heavy atom. The molecule has 9 heteroatoms. The Kier molecular flexibility index (Phi) is 5.73. The third kappa shape index (κ3) is 3.48. The molecule has 2 rings (SSSR count). The lowest BCUT2D eigenvalue weighted by molar-refractivity contribution is 0.219. The van der Waals surface area contributed by atoms with Gasteiger partial charge in [0.05, 0.1) is 35.6 Å². The summed E-state index contributed by atoms with van der Waals surface area (Å²) in [5, 5.41) is 0. The molecule has 0 radical (unpaired) electrons. The minimum atomic E-state index is -3.14. The van der Waals surface area contributed by atoms with Crippen LogP contribution in [0.2, 0.25) is 0 Å². The maximum atomic E-state index is 12.6. The van der Waals surface area contributed by atoms with Crippen molar-refractivity contribution in [3.8, 4) is 0 Å². The lowest BCUT2D eigenvalue weighted by Gasteiger charge is -2.17. The smallest absolute Gasteiger partial charge is 0.309 e. The van der Waals surface area contributed by atoms with E-state index in [9.17, 15) is 4.57 Å². The molecule has 0 N–H and O–H groups in total. The normalized spacial score (nSPS) is 12.2. The van der Waals surface area contributed by atoms with Crippen LogP contribution in [-0.4, -0.2) is 22.0 Å². The highest BCUT2D eigenvalue weighted by Crippen LogP contribution is 2.53. The van der Waals surface area contributed by atoms with Gasteiger partial charge < -0.3 is 9.05 Å². The lowest BCUT2D eigenvalue weighted by Crippen LogP contribution is -2.00. The molecule has 20 heavy (non-hydrogen) atoms. The Hall–Kier alpha value is 0.150. The largest absolute Gasteiger partial charge is 0.335 e. The van der Waals surface area contributed by atoms with Crippen LogP contribution in [0.4, 0.5) is 0 Å². The standard InChI is InChI=1S/C11H13Br2N2O3PS/c1-3-17-19(16,18-4-2)6-7-5-8(12)10-11(9(7)13)15-20-14-10/h5H,3-4,6H2,1-2H3. The molecule has 0 spiro atoms. The zero-order valence-electron chi connectivity index (χ0n) is 10.9. The van der Waals surface area contributed by atoms with E-state index in [-0.39, 0.29) is 6.16 Å². The van der Waals surface area contributed by atoms with Crippen molar-refractivity contribution in [2.75, 3.05) is 13.2 Å². The minimum absolute atomic E-state index is 0.196. The maximum absolute atomic E-state index is 12.6. The van der Waals surface area contributed by atoms with Crippen molar-refractivity contribution in [2.45, 2.75) is 20.0 Å². The van der Waals surface area contributed by atoms with Crippen LogP contribution in [0.1, 0.15) is 19.4 Å². The summed E-state index contributed by atoms with van der Waals surface area (Å²) in [7, 11) is -3.14. The Balaban J connectivity index is 2.42. The molecule has 0 unspecified atom stereocenters. The third-order valence-electron chi connectivity index (χ3n) is 2.52. The summed E-state index contributed by atoms with van der Waals surface area (Å²) < 4.78 is 33.3. The minimum Gasteiger partial charge on any atom is -0.309 e. The molecule has 5 nitrogen and oxygen atoms in total. The number of halogens is 2. The van der Waals surface area contributed by atoms with E-state index >= 15 is 0 Å². The fraction of sp³-hybridized carbons (Fsp3) is 0.455. The van der Waals surface area contributed by atoms with Crippen LogP contribution in [0.3, 0.4) is 0 Å². The van der Waals surface area contributed by atoms with Gasteiger partial charge in [-0.05, 0) is 57.3 Å². The fourth-order valence-electron chi connectivity index (χ4n) is 1.77. The Morgan fingerprint density at radius 1 is 1.20 bits per heavy atom. The maximum Gasteiger partial charge on any atom is 0.335 e. The number of hydrogen-bond acceptors (Lipinski definition) is 6. The molecule has 110 valence electrons. The van der Waals surface area contributed by atoms with E-state index in [1.165, 1.54) is 0 Å². The van der Waals surface area contributed by atoms with Gasteiger partial charge in [0.1, 0.15) is 11.0 Å². The van der Waals surface area contributed by atoms with Crippen molar-refractivity contribution < 1.29 is 13.6 Å². The fourth-order valence-corrected chi connectivity index (χ4v) is 5.58. The SMILES string of the molecule is CCOP(=O)(Cc1cc(Br)c2nsnc2c1Br)OCC. The van der Waals surface area contributed by atoms with Gasteiger partial charge in [-0.2, -0.15) is 8.75 Å². The third-order valence-corrected chi connectivity index (χ3v) is 6.57. The molecule has 0 aliphatic rings. The zero-order valence-corrected chi connectivity index (χ0v) is 15.8. The molecule has 0 aliphatic carbocycles. The van der Waals surface area contributed by atoms with E-state index < -0.39 is 7.60 Å². The second-order valence-corrected chi connectivity index (χ2v) is 8.13. The van der Waals surface area contributed by atoms with Crippen molar-refractivity contribution in [3.63, 3.8) is 0 Å². The van der Waals surface area contributed by atoms with Gasteiger partial charge in [0, 0.05) is 4.47 Å². The van der Waals surface area contributed by atoms with Gasteiger partial charge in [-0.15, -0.1) is 0 Å². The molecule has 0 amide bonds. The highest BCUT2D eigenvalue weighted by Gasteiger charge is 2.26. The molecule has 0 saturated carbocycles. The first-order valence-electron chi connectivity index (χ1n) is 5.98. The molecule has 1 heterocycles. The van der Waals surface area contributed by atoms with Gasteiger partial charge in [-0.25, -0.2) is 0 Å². The second-order valence-electron chi connectivity index (χ2n) is 3.90. The van der Waals surface area contributed by atoms with Crippen molar-refractivity contribution in [2.24, 2.45) is 0 Å². The highest BCUT2D eigenvalue weighted by molar-refractivity contribution is 9.11. The molecular formula is C11H13Br2N2O3PS. The first kappa shape index (κ1) is 16.5. The first-order valence-corrected chi connectivity index (χ1v) is 10.0. The van der Waals surface area contributed by atoms with Gasteiger partial charge in [0.2, 0.25) is 0 Å². The van der Waals surface area contributed by atoms with Crippen molar-refractivity contribution >= 4 is 62.2 Å². The average molecular weight is 444 g/mol. The summed E-state index contributed by atoms with van der Waals surface area (Å²) in [6.45, 7) is 4.28. The quantitative estimate of drug-likeness (QED) is 0.589. The molecule has 1 aromatic heterocycles. The van der Waals surface area contributed by atoms with Crippen LogP contribution < -0.4 is 0 Å². The van der Waals surface area contributed by atoms with Crippen LogP contribution >= 0.6 is 51.2 Å². The molecule has 1 aromatic carbocycles. The number of nitrogens with zero attached hydrogens (tertiary/aromatic N) is 2. The lowest BCUT2D eigenvalue weighted by atomic mass is 10.2. The summed E-state index contributed by atoms with van der Waals surface area (Å²) >= 11 is 8.10. The van der Waals surface area contributed by atoms with Crippen LogP contribution in [-0.2, 0) is 19.8 Å². The average Bonchev–Trinajstić information content (AvgIpc) is 2.86. The van der Waals surface area contributed by atoms with Crippen molar-refractivity contribution in [3.05, 3.63) is 20.6 Å². The first-order chi connectivity index (χ1) is 9.50. The van der Waals surface area contributed by atoms with Crippen LogP contribution in [0.5, 0.6) is 0 Å². The summed E-state index contributed by atoms with van der Waals surface area (Å²) in [4.78, 5) is 0. The molecule has 0 bridgehead atoms.